The van der Waals surface area contributed by atoms with Gasteiger partial charge in [0.05, 0.1) is 5.69 Å². The third-order valence-electron chi connectivity index (χ3n) is 1.64. The molecule has 0 aliphatic carbocycles. The molecule has 0 spiro atoms. The zero-order chi connectivity index (χ0) is 10.6. The minimum Gasteiger partial charge on any atom is -0.402 e. The molecule has 0 aliphatic heterocycles. The van der Waals surface area contributed by atoms with Gasteiger partial charge in [-0.2, -0.15) is 0 Å². The molecule has 3 nitrogen and oxygen atoms in total. The van der Waals surface area contributed by atoms with Crippen molar-refractivity contribution >= 4 is 11.5 Å². The van der Waals surface area contributed by atoms with Crippen LogP contribution in [0.3, 0.4) is 0 Å². The molecule has 14 heavy (non-hydrogen) atoms. The number of aliphatic imine (C=N–C) groups is 1. The van der Waals surface area contributed by atoms with E-state index in [0.29, 0.717) is 5.69 Å². The van der Waals surface area contributed by atoms with Gasteiger partial charge in [0.1, 0.15) is 0 Å². The van der Waals surface area contributed by atoms with E-state index in [1.165, 1.54) is 0 Å². The molecule has 0 bridgehead atoms. The van der Waals surface area contributed by atoms with Crippen molar-refractivity contribution in [2.45, 2.75) is 6.92 Å². The Hall–Kier alpha value is -1.84. The Morgan fingerprint density at radius 2 is 2.21 bits per heavy atom. The second kappa shape index (κ2) is 4.41. The van der Waals surface area contributed by atoms with Gasteiger partial charge in [0.25, 0.3) is 0 Å². The molecular formula is C10H12FN3. The summed E-state index contributed by atoms with van der Waals surface area (Å²) in [5, 5.41) is 0. The van der Waals surface area contributed by atoms with Crippen molar-refractivity contribution in [1.29, 1.82) is 0 Å². The largest absolute Gasteiger partial charge is 0.402 e. The maximum absolute atomic E-state index is 12.8. The van der Waals surface area contributed by atoms with Crippen molar-refractivity contribution in [3.8, 4) is 0 Å². The first-order chi connectivity index (χ1) is 6.63. The summed E-state index contributed by atoms with van der Waals surface area (Å²) < 4.78 is 12.8. The van der Waals surface area contributed by atoms with Crippen LogP contribution in [-0.2, 0) is 0 Å². The predicted molar refractivity (Wildman–Crippen MR) is 55.8 cm³/mol. The van der Waals surface area contributed by atoms with Gasteiger partial charge in [0.15, 0.2) is 11.7 Å². The van der Waals surface area contributed by atoms with Gasteiger partial charge in [0.2, 0.25) is 0 Å². The first-order valence-electron chi connectivity index (χ1n) is 4.12. The van der Waals surface area contributed by atoms with Crippen molar-refractivity contribution < 1.29 is 4.39 Å². The third-order valence-corrected chi connectivity index (χ3v) is 1.64. The highest BCUT2D eigenvalue weighted by molar-refractivity contribution is 5.96. The van der Waals surface area contributed by atoms with Gasteiger partial charge in [0, 0.05) is 6.20 Å². The Morgan fingerprint density at radius 3 is 2.79 bits per heavy atom. The van der Waals surface area contributed by atoms with E-state index >= 15 is 0 Å². The number of rotatable bonds is 2. The number of hydrogen-bond donors (Lipinski definition) is 2. The van der Waals surface area contributed by atoms with Crippen LogP contribution in [-0.4, -0.2) is 5.84 Å². The molecule has 4 N–H and O–H groups in total. The average molecular weight is 193 g/mol. The van der Waals surface area contributed by atoms with E-state index in [2.05, 4.69) is 4.99 Å². The normalized spacial score (nSPS) is 13.0. The van der Waals surface area contributed by atoms with Gasteiger partial charge in [-0.1, -0.05) is 12.1 Å². The maximum atomic E-state index is 12.8. The van der Waals surface area contributed by atoms with Gasteiger partial charge < -0.3 is 11.5 Å². The average Bonchev–Trinajstić information content (AvgIpc) is 2.16. The van der Waals surface area contributed by atoms with E-state index in [4.69, 9.17) is 11.5 Å². The maximum Gasteiger partial charge on any atom is 0.180 e. The SMILES string of the molecule is Cc1cccc(N=C(N)/C(F)=C\N)c1. The number of nitrogens with two attached hydrogens (primary N) is 2. The van der Waals surface area contributed by atoms with Crippen molar-refractivity contribution in [3.63, 3.8) is 0 Å². The standard InChI is InChI=1S/C10H12FN3/c1-7-3-2-4-8(5-7)14-10(13)9(11)6-12/h2-6H,12H2,1H3,(H2,13,14)/b9-6+. The van der Waals surface area contributed by atoms with Crippen molar-refractivity contribution in [3.05, 3.63) is 41.9 Å². The Kier molecular flexibility index (Phi) is 3.23. The summed E-state index contributed by atoms with van der Waals surface area (Å²) in [4.78, 5) is 3.86. The summed E-state index contributed by atoms with van der Waals surface area (Å²) in [6.45, 7) is 1.92. The minimum absolute atomic E-state index is 0.210. The van der Waals surface area contributed by atoms with Gasteiger partial charge in [-0.05, 0) is 24.6 Å². The number of hydrogen-bond acceptors (Lipinski definition) is 2. The lowest BCUT2D eigenvalue weighted by Gasteiger charge is -1.98. The Labute approximate surface area is 81.9 Å². The van der Waals surface area contributed by atoms with E-state index < -0.39 is 5.83 Å². The molecule has 0 aromatic heterocycles. The van der Waals surface area contributed by atoms with Crippen LogP contribution in [0.25, 0.3) is 0 Å². The number of aryl methyl sites for hydroxylation is 1. The highest BCUT2D eigenvalue weighted by Crippen LogP contribution is 2.14. The van der Waals surface area contributed by atoms with E-state index in [-0.39, 0.29) is 5.84 Å². The number of amidine groups is 1. The van der Waals surface area contributed by atoms with Crippen molar-refractivity contribution in [2.24, 2.45) is 16.5 Å². The molecule has 0 atom stereocenters. The summed E-state index contributed by atoms with van der Waals surface area (Å²) >= 11 is 0. The van der Waals surface area contributed by atoms with E-state index in [9.17, 15) is 4.39 Å². The topological polar surface area (TPSA) is 64.4 Å². The zero-order valence-corrected chi connectivity index (χ0v) is 7.87. The van der Waals surface area contributed by atoms with Crippen LogP contribution in [0.15, 0.2) is 41.3 Å². The quantitative estimate of drug-likeness (QED) is 0.555. The minimum atomic E-state index is -0.716. The van der Waals surface area contributed by atoms with Gasteiger partial charge >= 0.3 is 0 Å². The summed E-state index contributed by atoms with van der Waals surface area (Å²) in [7, 11) is 0. The molecule has 1 aromatic carbocycles. The molecule has 0 amide bonds. The summed E-state index contributed by atoms with van der Waals surface area (Å²) in [5.41, 5.74) is 11.9. The lowest BCUT2D eigenvalue weighted by Crippen LogP contribution is -2.12. The van der Waals surface area contributed by atoms with Crippen LogP contribution in [0.2, 0.25) is 0 Å². The Balaban J connectivity index is 2.97. The van der Waals surface area contributed by atoms with Gasteiger partial charge in [-0.3, -0.25) is 0 Å². The molecule has 0 heterocycles. The highest BCUT2D eigenvalue weighted by Gasteiger charge is 1.99. The summed E-state index contributed by atoms with van der Waals surface area (Å²) in [6.07, 6.45) is 0.786. The van der Waals surface area contributed by atoms with E-state index in [0.717, 1.165) is 11.8 Å². The van der Waals surface area contributed by atoms with Crippen LogP contribution in [0.1, 0.15) is 5.56 Å². The fourth-order valence-electron chi connectivity index (χ4n) is 0.975. The van der Waals surface area contributed by atoms with Gasteiger partial charge in [-0.25, -0.2) is 9.38 Å². The molecule has 0 saturated heterocycles. The predicted octanol–water partition coefficient (Wildman–Crippen LogP) is 1.75. The molecule has 0 fully saturated rings. The second-order valence-electron chi connectivity index (χ2n) is 2.85. The first-order valence-corrected chi connectivity index (χ1v) is 4.12. The van der Waals surface area contributed by atoms with Crippen molar-refractivity contribution in [1.82, 2.24) is 0 Å². The first kappa shape index (κ1) is 10.2. The van der Waals surface area contributed by atoms with Crippen LogP contribution in [0.5, 0.6) is 0 Å². The van der Waals surface area contributed by atoms with Gasteiger partial charge in [-0.15, -0.1) is 0 Å². The highest BCUT2D eigenvalue weighted by atomic mass is 19.1. The Morgan fingerprint density at radius 1 is 1.50 bits per heavy atom. The molecule has 4 heteroatoms. The lowest BCUT2D eigenvalue weighted by atomic mass is 10.2. The number of halogens is 1. The second-order valence-corrected chi connectivity index (χ2v) is 2.85. The molecule has 74 valence electrons. The monoisotopic (exact) mass is 193 g/mol. The number of benzene rings is 1. The summed E-state index contributed by atoms with van der Waals surface area (Å²) in [5.74, 6) is -0.926. The van der Waals surface area contributed by atoms with E-state index in [1.54, 1.807) is 12.1 Å². The van der Waals surface area contributed by atoms with Crippen LogP contribution in [0, 0.1) is 6.92 Å². The zero-order valence-electron chi connectivity index (χ0n) is 7.87. The number of nitrogens with zero attached hydrogens (tertiary/aromatic N) is 1. The molecule has 0 radical (unpaired) electrons. The molecule has 1 rings (SSSR count). The van der Waals surface area contributed by atoms with Crippen LogP contribution >= 0.6 is 0 Å². The fraction of sp³-hybridized carbons (Fsp3) is 0.100. The molecule has 1 aromatic rings. The smallest absolute Gasteiger partial charge is 0.180 e. The lowest BCUT2D eigenvalue weighted by molar-refractivity contribution is 0.676. The third kappa shape index (κ3) is 2.58. The molecule has 0 saturated carbocycles. The summed E-state index contributed by atoms with van der Waals surface area (Å²) in [6, 6.07) is 7.29. The Bertz CT molecular complexity index is 383. The fourth-order valence-corrected chi connectivity index (χ4v) is 0.975. The molecule has 0 unspecified atom stereocenters. The molecule has 0 aliphatic rings. The van der Waals surface area contributed by atoms with Crippen molar-refractivity contribution in [2.75, 3.05) is 0 Å². The van der Waals surface area contributed by atoms with Crippen LogP contribution < -0.4 is 11.5 Å². The molecular weight excluding hydrogens is 181 g/mol. The van der Waals surface area contributed by atoms with Crippen LogP contribution in [0.4, 0.5) is 10.1 Å². The van der Waals surface area contributed by atoms with E-state index in [1.807, 2.05) is 19.1 Å².